The number of aromatic amines is 1. The molecule has 2 N–H and O–H groups in total. The second-order valence-electron chi connectivity index (χ2n) is 2.27. The molecule has 0 unspecified atom stereocenters. The first-order chi connectivity index (χ1) is 5.43. The molecular weight excluding hydrogens is 178 g/mol. The van der Waals surface area contributed by atoms with Crippen molar-refractivity contribution in [3.63, 3.8) is 0 Å². The predicted octanol–water partition coefficient (Wildman–Crippen LogP) is -3.56. The summed E-state index contributed by atoms with van der Waals surface area (Å²) in [4.78, 5) is 12.8. The molecule has 1 aromatic heterocycles. The van der Waals surface area contributed by atoms with Crippen molar-refractivity contribution in [3.05, 3.63) is 18.7 Å². The van der Waals surface area contributed by atoms with Gasteiger partial charge in [0, 0.05) is 13.0 Å². The molecule has 68 valence electrons. The fourth-order valence-corrected chi connectivity index (χ4v) is 0.882. The molecule has 1 heterocycles. The van der Waals surface area contributed by atoms with Gasteiger partial charge in [0.1, 0.15) is 12.4 Å². The number of H-pyrrole nitrogens is 1. The average Bonchev–Trinajstić information content (AvgIpc) is 2.50. The Morgan fingerprint density at radius 3 is 3.00 bits per heavy atom. The van der Waals surface area contributed by atoms with E-state index < -0.39 is 0 Å². The van der Waals surface area contributed by atoms with Gasteiger partial charge in [-0.15, -0.1) is 0 Å². The Morgan fingerprint density at radius 1 is 1.58 bits per heavy atom. The molecule has 1 rings (SSSR count). The van der Waals surface area contributed by atoms with Gasteiger partial charge in [0.2, 0.25) is 12.7 Å². The van der Waals surface area contributed by atoms with Crippen molar-refractivity contribution in [1.29, 1.82) is 0 Å². The number of hydrogen-bond acceptors (Lipinski definition) is 1. The van der Waals surface area contributed by atoms with Gasteiger partial charge < -0.3 is 17.7 Å². The molecule has 0 aliphatic carbocycles. The Balaban J connectivity index is 0.00000121. The highest BCUT2D eigenvalue weighted by molar-refractivity contribution is 5.45. The number of carbonyl (C=O) groups excluding carboxylic acids is 1. The molecule has 1 aromatic rings. The maximum atomic E-state index is 9.84. The quantitative estimate of drug-likeness (QED) is 0.281. The van der Waals surface area contributed by atoms with E-state index in [0.717, 1.165) is 25.9 Å². The maximum absolute atomic E-state index is 9.84. The summed E-state index contributed by atoms with van der Waals surface area (Å²) in [5, 5.41) is 2.61. The number of aromatic nitrogens is 2. The van der Waals surface area contributed by atoms with E-state index in [1.54, 1.807) is 0 Å². The first kappa shape index (κ1) is 11.0. The molecule has 5 heteroatoms. The number of rotatable bonds is 5. The highest BCUT2D eigenvalue weighted by Crippen LogP contribution is 1.76. The zero-order chi connectivity index (χ0) is 7.94. The van der Waals surface area contributed by atoms with Crippen molar-refractivity contribution in [2.75, 3.05) is 6.54 Å². The van der Waals surface area contributed by atoms with Crippen LogP contribution in [0.15, 0.2) is 18.7 Å². The molecule has 0 atom stereocenters. The fraction of sp³-hybridized carbons (Fsp3) is 0.429. The van der Waals surface area contributed by atoms with E-state index >= 15 is 0 Å². The van der Waals surface area contributed by atoms with Crippen LogP contribution in [0.2, 0.25) is 0 Å². The van der Waals surface area contributed by atoms with Gasteiger partial charge in [0.25, 0.3) is 0 Å². The Hall–Kier alpha value is -1.03. The molecule has 0 bridgehead atoms. The molecule has 0 aromatic carbocycles. The number of nitrogens with zero attached hydrogens (tertiary/aromatic N) is 1. The number of imidazole rings is 1. The summed E-state index contributed by atoms with van der Waals surface area (Å²) < 4.78 is 2.03. The summed E-state index contributed by atoms with van der Waals surface area (Å²) in [6.07, 6.45) is 7.40. The van der Waals surface area contributed by atoms with Gasteiger partial charge in [-0.3, -0.25) is 9.78 Å². The summed E-state index contributed by atoms with van der Waals surface area (Å²) >= 11 is 0. The SMILES string of the molecule is O=CNCCC[n+]1cc[nH]c1.[Cl-]. The summed E-state index contributed by atoms with van der Waals surface area (Å²) in [5.41, 5.74) is 0. The van der Waals surface area contributed by atoms with Gasteiger partial charge in [-0.1, -0.05) is 0 Å². The minimum atomic E-state index is 0. The second-order valence-corrected chi connectivity index (χ2v) is 2.27. The molecule has 0 spiro atoms. The molecule has 4 nitrogen and oxygen atoms in total. The minimum absolute atomic E-state index is 0. The van der Waals surface area contributed by atoms with Crippen LogP contribution in [0.4, 0.5) is 0 Å². The molecular formula is C7H12ClN3O. The molecule has 0 radical (unpaired) electrons. The number of aryl methyl sites for hydroxylation is 1. The third-order valence-electron chi connectivity index (χ3n) is 1.42. The molecule has 0 aliphatic rings. The van der Waals surface area contributed by atoms with Crippen LogP contribution in [0.25, 0.3) is 0 Å². The summed E-state index contributed by atoms with van der Waals surface area (Å²) in [6.45, 7) is 1.67. The predicted molar refractivity (Wildman–Crippen MR) is 39.7 cm³/mol. The van der Waals surface area contributed by atoms with Crippen LogP contribution in [-0.2, 0) is 11.3 Å². The van der Waals surface area contributed by atoms with Crippen molar-refractivity contribution in [1.82, 2.24) is 10.3 Å². The van der Waals surface area contributed by atoms with Crippen molar-refractivity contribution >= 4 is 6.41 Å². The number of nitrogens with one attached hydrogen (secondary N) is 2. The van der Waals surface area contributed by atoms with E-state index in [4.69, 9.17) is 0 Å². The number of halogens is 1. The molecule has 12 heavy (non-hydrogen) atoms. The van der Waals surface area contributed by atoms with E-state index in [1.807, 2.05) is 23.3 Å². The molecule has 0 saturated heterocycles. The first-order valence-corrected chi connectivity index (χ1v) is 3.62. The normalized spacial score (nSPS) is 8.67. The summed E-state index contributed by atoms with van der Waals surface area (Å²) in [6, 6.07) is 0. The zero-order valence-electron chi connectivity index (χ0n) is 6.66. The van der Waals surface area contributed by atoms with E-state index in [0.29, 0.717) is 0 Å². The lowest BCUT2D eigenvalue weighted by molar-refractivity contribution is -0.695. The number of hydrogen-bond donors (Lipinski definition) is 2. The highest BCUT2D eigenvalue weighted by Gasteiger charge is 1.94. The van der Waals surface area contributed by atoms with Gasteiger partial charge in [0.05, 0.1) is 6.54 Å². The highest BCUT2D eigenvalue weighted by atomic mass is 35.5. The van der Waals surface area contributed by atoms with Crippen LogP contribution in [-0.4, -0.2) is 17.9 Å². The lowest BCUT2D eigenvalue weighted by Gasteiger charge is -1.95. The molecule has 0 fully saturated rings. The Bertz CT molecular complexity index is 200. The van der Waals surface area contributed by atoms with Crippen LogP contribution in [0.1, 0.15) is 6.42 Å². The third kappa shape index (κ3) is 3.98. The fourth-order valence-electron chi connectivity index (χ4n) is 0.882. The maximum Gasteiger partial charge on any atom is 0.241 e. The van der Waals surface area contributed by atoms with Crippen molar-refractivity contribution in [3.8, 4) is 0 Å². The number of carbonyl (C=O) groups is 1. The van der Waals surface area contributed by atoms with Crippen LogP contribution < -0.4 is 22.3 Å². The second kappa shape index (κ2) is 6.67. The molecule has 1 amide bonds. The van der Waals surface area contributed by atoms with Gasteiger partial charge in [0.15, 0.2) is 0 Å². The van der Waals surface area contributed by atoms with Crippen molar-refractivity contribution < 1.29 is 21.8 Å². The minimum Gasteiger partial charge on any atom is -1.00 e. The summed E-state index contributed by atoms with van der Waals surface area (Å²) in [7, 11) is 0. The lowest BCUT2D eigenvalue weighted by atomic mass is 10.4. The monoisotopic (exact) mass is 189 g/mol. The van der Waals surface area contributed by atoms with Crippen LogP contribution in [0, 0.1) is 0 Å². The van der Waals surface area contributed by atoms with Crippen molar-refractivity contribution in [2.24, 2.45) is 0 Å². The Labute approximate surface area is 77.4 Å². The van der Waals surface area contributed by atoms with E-state index in [2.05, 4.69) is 10.3 Å². The topological polar surface area (TPSA) is 48.8 Å². The van der Waals surface area contributed by atoms with Crippen molar-refractivity contribution in [2.45, 2.75) is 13.0 Å². The largest absolute Gasteiger partial charge is 1.00 e. The van der Waals surface area contributed by atoms with Crippen LogP contribution in [0.3, 0.4) is 0 Å². The van der Waals surface area contributed by atoms with Gasteiger partial charge in [-0.05, 0) is 0 Å². The van der Waals surface area contributed by atoms with E-state index in [1.165, 1.54) is 0 Å². The third-order valence-corrected chi connectivity index (χ3v) is 1.42. The van der Waals surface area contributed by atoms with Crippen LogP contribution >= 0.6 is 0 Å². The molecule has 0 aliphatic heterocycles. The van der Waals surface area contributed by atoms with Gasteiger partial charge in [-0.25, -0.2) is 4.57 Å². The van der Waals surface area contributed by atoms with Gasteiger partial charge >= 0.3 is 0 Å². The zero-order valence-corrected chi connectivity index (χ0v) is 7.42. The lowest BCUT2D eigenvalue weighted by Crippen LogP contribution is -3.00. The molecule has 0 saturated carbocycles. The standard InChI is InChI=1S/C7H11N3O.ClH/c11-7-9-2-1-4-10-5-3-8-6-10;/h3,5-7H,1-2,4H2,(H,9,11);1H. The van der Waals surface area contributed by atoms with E-state index in [9.17, 15) is 4.79 Å². The Kier molecular flexibility index (Phi) is 6.09. The van der Waals surface area contributed by atoms with E-state index in [-0.39, 0.29) is 12.4 Å². The first-order valence-electron chi connectivity index (χ1n) is 3.62. The van der Waals surface area contributed by atoms with Crippen LogP contribution in [0.5, 0.6) is 0 Å². The Morgan fingerprint density at radius 2 is 2.42 bits per heavy atom. The average molecular weight is 190 g/mol. The smallest absolute Gasteiger partial charge is 0.241 e. The number of amides is 1. The van der Waals surface area contributed by atoms with Gasteiger partial charge in [-0.2, -0.15) is 0 Å². The summed E-state index contributed by atoms with van der Waals surface area (Å²) in [5.74, 6) is 0.